The van der Waals surface area contributed by atoms with Gasteiger partial charge in [-0.1, -0.05) is 47.5 Å². The van der Waals surface area contributed by atoms with Crippen molar-refractivity contribution in [3.63, 3.8) is 0 Å². The molecule has 1 heterocycles. The van der Waals surface area contributed by atoms with E-state index in [1.165, 1.54) is 4.90 Å². The van der Waals surface area contributed by atoms with Crippen molar-refractivity contribution in [1.82, 2.24) is 4.90 Å². The number of carbonyl (C=O) groups excluding carboxylic acids is 2. The van der Waals surface area contributed by atoms with Crippen LogP contribution in [0.2, 0.25) is 10.0 Å². The van der Waals surface area contributed by atoms with E-state index in [2.05, 4.69) is 22.6 Å². The molecule has 1 atom stereocenters. The van der Waals surface area contributed by atoms with Crippen molar-refractivity contribution in [2.75, 3.05) is 11.4 Å². The zero-order valence-electron chi connectivity index (χ0n) is 17.0. The van der Waals surface area contributed by atoms with Gasteiger partial charge in [-0.15, -0.1) is 0 Å². The van der Waals surface area contributed by atoms with Crippen molar-refractivity contribution in [2.24, 2.45) is 0 Å². The van der Waals surface area contributed by atoms with Gasteiger partial charge in [0.15, 0.2) is 0 Å². The Labute approximate surface area is 213 Å². The van der Waals surface area contributed by atoms with Crippen LogP contribution in [0.1, 0.15) is 27.5 Å². The zero-order chi connectivity index (χ0) is 23.7. The third-order valence-corrected chi connectivity index (χ3v) is 6.47. The van der Waals surface area contributed by atoms with Crippen molar-refractivity contribution < 1.29 is 19.5 Å². The van der Waals surface area contributed by atoms with Gasteiger partial charge in [-0.25, -0.2) is 0 Å². The first-order chi connectivity index (χ1) is 15.7. The van der Waals surface area contributed by atoms with Gasteiger partial charge in [0.2, 0.25) is 0 Å². The van der Waals surface area contributed by atoms with Gasteiger partial charge >= 0.3 is 5.97 Å². The molecule has 3 aromatic carbocycles. The zero-order valence-corrected chi connectivity index (χ0v) is 20.7. The Morgan fingerprint density at radius 2 is 1.55 bits per heavy atom. The number of nitrogens with zero attached hydrogens (tertiary/aromatic N) is 2. The van der Waals surface area contributed by atoms with E-state index in [1.807, 2.05) is 0 Å². The molecule has 0 bridgehead atoms. The van der Waals surface area contributed by atoms with Crippen molar-refractivity contribution in [3.8, 4) is 0 Å². The fourth-order valence-corrected chi connectivity index (χ4v) is 4.55. The Balaban J connectivity index is 1.90. The Hall–Kier alpha value is -2.62. The van der Waals surface area contributed by atoms with E-state index in [9.17, 15) is 19.5 Å². The molecule has 0 spiro atoms. The molecule has 0 saturated heterocycles. The van der Waals surface area contributed by atoms with Crippen LogP contribution in [0.4, 0.5) is 5.69 Å². The minimum absolute atomic E-state index is 0.126. The predicted molar refractivity (Wildman–Crippen MR) is 135 cm³/mol. The molecule has 0 aliphatic carbocycles. The molecule has 1 unspecified atom stereocenters. The SMILES string of the molecule is O=C(O)CN1C(=O)C(c2ccc(Cl)cc2)N(Cc2ccc(Cl)cc2)C(=O)c2cc(I)ccc21. The second-order valence-electron chi connectivity index (χ2n) is 7.49. The van der Waals surface area contributed by atoms with E-state index < -0.39 is 24.5 Å². The minimum Gasteiger partial charge on any atom is -0.480 e. The summed E-state index contributed by atoms with van der Waals surface area (Å²) in [6.45, 7) is -0.445. The van der Waals surface area contributed by atoms with Gasteiger partial charge in [0.05, 0.1) is 11.3 Å². The molecule has 0 fully saturated rings. The van der Waals surface area contributed by atoms with Crippen molar-refractivity contribution >= 4 is 69.3 Å². The number of benzene rings is 3. The summed E-state index contributed by atoms with van der Waals surface area (Å²) >= 11 is 14.1. The molecule has 6 nitrogen and oxygen atoms in total. The predicted octanol–water partition coefficient (Wildman–Crippen LogP) is 5.41. The molecule has 168 valence electrons. The van der Waals surface area contributed by atoms with Gasteiger partial charge in [-0.3, -0.25) is 19.3 Å². The summed E-state index contributed by atoms with van der Waals surface area (Å²) in [5, 5.41) is 10.6. The van der Waals surface area contributed by atoms with Gasteiger partial charge in [-0.05, 0) is 76.2 Å². The number of carboxylic acid groups (broad SMARTS) is 1. The first kappa shape index (κ1) is 23.5. The number of amides is 2. The lowest BCUT2D eigenvalue weighted by Crippen LogP contribution is -2.43. The summed E-state index contributed by atoms with van der Waals surface area (Å²) in [5.41, 5.74) is 1.84. The average molecular weight is 595 g/mol. The fourth-order valence-electron chi connectivity index (χ4n) is 3.80. The summed E-state index contributed by atoms with van der Waals surface area (Å²) in [5.74, 6) is -2.07. The van der Waals surface area contributed by atoms with Crippen LogP contribution in [0.5, 0.6) is 0 Å². The lowest BCUT2D eigenvalue weighted by atomic mass is 10.0. The van der Waals surface area contributed by atoms with Crippen LogP contribution in [0.25, 0.3) is 0 Å². The first-order valence-corrected chi connectivity index (χ1v) is 11.7. The molecular weight excluding hydrogens is 578 g/mol. The Morgan fingerprint density at radius 3 is 2.15 bits per heavy atom. The number of anilines is 1. The molecule has 3 aromatic rings. The molecule has 1 aliphatic rings. The monoisotopic (exact) mass is 594 g/mol. The van der Waals surface area contributed by atoms with Crippen LogP contribution in [0.15, 0.2) is 66.7 Å². The van der Waals surface area contributed by atoms with Crippen LogP contribution in [-0.4, -0.2) is 34.3 Å². The molecular formula is C24H17Cl2IN2O4. The second-order valence-corrected chi connectivity index (χ2v) is 9.61. The van der Waals surface area contributed by atoms with E-state index in [0.717, 1.165) is 14.0 Å². The summed E-state index contributed by atoms with van der Waals surface area (Å²) in [4.78, 5) is 41.9. The first-order valence-electron chi connectivity index (χ1n) is 9.88. The maximum absolute atomic E-state index is 13.8. The van der Waals surface area contributed by atoms with Gasteiger partial charge in [0.1, 0.15) is 12.6 Å². The number of carbonyl (C=O) groups is 3. The smallest absolute Gasteiger partial charge is 0.323 e. The van der Waals surface area contributed by atoms with Crippen molar-refractivity contribution in [3.05, 3.63) is 97.0 Å². The summed E-state index contributed by atoms with van der Waals surface area (Å²) in [7, 11) is 0. The third-order valence-electron chi connectivity index (χ3n) is 5.30. The highest BCUT2D eigenvalue weighted by Crippen LogP contribution is 2.36. The van der Waals surface area contributed by atoms with Crippen molar-refractivity contribution in [2.45, 2.75) is 12.6 Å². The van der Waals surface area contributed by atoms with Gasteiger partial charge in [0.25, 0.3) is 11.8 Å². The molecule has 1 N–H and O–H groups in total. The Morgan fingerprint density at radius 1 is 0.939 bits per heavy atom. The second kappa shape index (κ2) is 9.70. The lowest BCUT2D eigenvalue weighted by Gasteiger charge is -2.31. The van der Waals surface area contributed by atoms with E-state index in [0.29, 0.717) is 15.6 Å². The van der Waals surface area contributed by atoms with E-state index in [-0.39, 0.29) is 23.7 Å². The molecule has 0 radical (unpaired) electrons. The van der Waals surface area contributed by atoms with Crippen LogP contribution in [-0.2, 0) is 16.1 Å². The molecule has 2 amide bonds. The molecule has 0 aromatic heterocycles. The molecule has 9 heteroatoms. The van der Waals surface area contributed by atoms with Gasteiger partial charge in [0, 0.05) is 20.2 Å². The number of hydrogen-bond donors (Lipinski definition) is 1. The van der Waals surface area contributed by atoms with Crippen molar-refractivity contribution in [1.29, 1.82) is 0 Å². The quantitative estimate of drug-likeness (QED) is 0.401. The highest BCUT2D eigenvalue weighted by Gasteiger charge is 2.41. The summed E-state index contributed by atoms with van der Waals surface area (Å²) in [6.07, 6.45) is 0. The standard InChI is InChI=1S/C24H17Cl2IN2O4/c25-16-5-1-14(2-6-16)12-29-22(15-3-7-17(26)8-4-15)24(33)28(13-21(30)31)20-10-9-18(27)11-19(20)23(29)32/h1-11,22H,12-13H2,(H,30,31). The molecule has 0 saturated carbocycles. The van der Waals surface area contributed by atoms with Crippen LogP contribution in [0.3, 0.4) is 0 Å². The van der Waals surface area contributed by atoms with Crippen LogP contribution < -0.4 is 4.90 Å². The maximum Gasteiger partial charge on any atom is 0.323 e. The third kappa shape index (κ3) is 5.00. The molecule has 4 rings (SSSR count). The maximum atomic E-state index is 13.8. The van der Waals surface area contributed by atoms with Crippen LogP contribution in [0, 0.1) is 3.57 Å². The van der Waals surface area contributed by atoms with Gasteiger partial charge in [-0.2, -0.15) is 0 Å². The summed E-state index contributed by atoms with van der Waals surface area (Å²) < 4.78 is 0.791. The summed E-state index contributed by atoms with van der Waals surface area (Å²) in [6, 6.07) is 17.6. The number of rotatable bonds is 5. The topological polar surface area (TPSA) is 77.9 Å². The van der Waals surface area contributed by atoms with E-state index >= 15 is 0 Å². The Bertz CT molecular complexity index is 1230. The molecule has 1 aliphatic heterocycles. The minimum atomic E-state index is -1.18. The van der Waals surface area contributed by atoms with Gasteiger partial charge < -0.3 is 10.0 Å². The largest absolute Gasteiger partial charge is 0.480 e. The highest BCUT2D eigenvalue weighted by molar-refractivity contribution is 14.1. The average Bonchev–Trinajstić information content (AvgIpc) is 2.85. The number of fused-ring (bicyclic) bond motifs is 1. The van der Waals surface area contributed by atoms with Crippen LogP contribution >= 0.6 is 45.8 Å². The lowest BCUT2D eigenvalue weighted by molar-refractivity contribution is -0.137. The number of carboxylic acids is 1. The number of hydrogen-bond acceptors (Lipinski definition) is 3. The fraction of sp³-hybridized carbons (Fsp3) is 0.125. The van der Waals surface area contributed by atoms with E-state index in [4.69, 9.17) is 23.2 Å². The Kier molecular flexibility index (Phi) is 6.92. The highest BCUT2D eigenvalue weighted by atomic mass is 127. The number of halogens is 3. The van der Waals surface area contributed by atoms with E-state index in [1.54, 1.807) is 66.7 Å². The number of aliphatic carboxylic acids is 1. The molecule has 33 heavy (non-hydrogen) atoms. The normalized spacial score (nSPS) is 15.9.